The van der Waals surface area contributed by atoms with E-state index in [1.54, 1.807) is 36.5 Å². The molecule has 1 aromatic heterocycles. The van der Waals surface area contributed by atoms with Gasteiger partial charge in [-0.15, -0.1) is 0 Å². The molecule has 1 aliphatic rings. The number of nitrogens with one attached hydrogen (secondary N) is 2. The Morgan fingerprint density at radius 3 is 2.72 bits per heavy atom. The molecule has 0 aliphatic carbocycles. The third kappa shape index (κ3) is 4.69. The summed E-state index contributed by atoms with van der Waals surface area (Å²) >= 11 is 0. The smallest absolute Gasteiger partial charge is 0.264 e. The molecule has 0 spiro atoms. The average molecular weight is 341 g/mol. The van der Waals surface area contributed by atoms with Crippen LogP contribution in [0.5, 0.6) is 11.5 Å². The minimum Gasteiger partial charge on any atom is -0.485 e. The lowest BCUT2D eigenvalue weighted by Crippen LogP contribution is -2.44. The van der Waals surface area contributed by atoms with Gasteiger partial charge in [0.2, 0.25) is 12.0 Å². The fourth-order valence-electron chi connectivity index (χ4n) is 2.37. The molecule has 0 saturated heterocycles. The molecule has 7 heteroatoms. The van der Waals surface area contributed by atoms with Gasteiger partial charge in [0.15, 0.2) is 11.5 Å². The Labute approximate surface area is 145 Å². The number of carbonyl (C=O) groups is 2. The standard InChI is InChI=1S/C18H19N3O4/c22-17(21-16-8-3-4-10-19-16)9-5-11-20-18(23)15-12-24-13-6-1-2-7-14(13)25-15/h1-4,6-8,10,15H,5,9,11-12H2,(H,20,23)(H,19,21,22). The quantitative estimate of drug-likeness (QED) is 0.782. The van der Waals surface area contributed by atoms with Gasteiger partial charge in [-0.25, -0.2) is 4.98 Å². The number of carbonyl (C=O) groups excluding carboxylic acids is 2. The van der Waals surface area contributed by atoms with Gasteiger partial charge in [-0.05, 0) is 30.7 Å². The molecule has 1 aliphatic heterocycles. The first-order valence-electron chi connectivity index (χ1n) is 8.09. The van der Waals surface area contributed by atoms with E-state index in [-0.39, 0.29) is 18.4 Å². The topological polar surface area (TPSA) is 89.6 Å². The predicted octanol–water partition coefficient (Wildman–Crippen LogP) is 1.76. The highest BCUT2D eigenvalue weighted by atomic mass is 16.6. The summed E-state index contributed by atoms with van der Waals surface area (Å²) in [6.45, 7) is 0.555. The molecule has 1 unspecified atom stereocenters. The number of nitrogens with zero attached hydrogens (tertiary/aromatic N) is 1. The minimum atomic E-state index is -0.683. The van der Waals surface area contributed by atoms with Gasteiger partial charge in [-0.1, -0.05) is 18.2 Å². The third-order valence-electron chi connectivity index (χ3n) is 3.61. The van der Waals surface area contributed by atoms with Gasteiger partial charge in [0.1, 0.15) is 12.4 Å². The number of amides is 2. The predicted molar refractivity (Wildman–Crippen MR) is 91.5 cm³/mol. The van der Waals surface area contributed by atoms with Gasteiger partial charge in [0, 0.05) is 19.2 Å². The van der Waals surface area contributed by atoms with E-state index in [1.807, 2.05) is 12.1 Å². The van der Waals surface area contributed by atoms with Gasteiger partial charge in [-0.3, -0.25) is 9.59 Å². The molecular weight excluding hydrogens is 322 g/mol. The van der Waals surface area contributed by atoms with Crippen molar-refractivity contribution in [3.05, 3.63) is 48.7 Å². The summed E-state index contributed by atoms with van der Waals surface area (Å²) in [5, 5.41) is 5.46. The van der Waals surface area contributed by atoms with Crippen molar-refractivity contribution in [2.24, 2.45) is 0 Å². The lowest BCUT2D eigenvalue weighted by atomic mass is 10.2. The zero-order valence-electron chi connectivity index (χ0n) is 13.6. The van der Waals surface area contributed by atoms with E-state index < -0.39 is 6.10 Å². The fourth-order valence-corrected chi connectivity index (χ4v) is 2.37. The second-order valence-electron chi connectivity index (χ2n) is 5.52. The Morgan fingerprint density at radius 2 is 1.92 bits per heavy atom. The monoisotopic (exact) mass is 341 g/mol. The van der Waals surface area contributed by atoms with E-state index in [0.29, 0.717) is 36.7 Å². The van der Waals surface area contributed by atoms with Crippen LogP contribution in [0.2, 0.25) is 0 Å². The molecule has 7 nitrogen and oxygen atoms in total. The van der Waals surface area contributed by atoms with Crippen LogP contribution in [0.15, 0.2) is 48.7 Å². The molecule has 25 heavy (non-hydrogen) atoms. The minimum absolute atomic E-state index is 0.140. The van der Waals surface area contributed by atoms with Gasteiger partial charge < -0.3 is 20.1 Å². The first kappa shape index (κ1) is 16.8. The van der Waals surface area contributed by atoms with Gasteiger partial charge in [-0.2, -0.15) is 0 Å². The summed E-state index contributed by atoms with van der Waals surface area (Å²) in [6.07, 6.45) is 1.74. The van der Waals surface area contributed by atoms with Crippen molar-refractivity contribution >= 4 is 17.6 Å². The molecule has 0 saturated carbocycles. The van der Waals surface area contributed by atoms with Crippen molar-refractivity contribution in [3.63, 3.8) is 0 Å². The SMILES string of the molecule is O=C(CCCNC(=O)C1COc2ccccc2O1)Nc1ccccn1. The van der Waals surface area contributed by atoms with Crippen molar-refractivity contribution in [1.82, 2.24) is 10.3 Å². The largest absolute Gasteiger partial charge is 0.485 e. The number of fused-ring (bicyclic) bond motifs is 1. The van der Waals surface area contributed by atoms with Crippen molar-refractivity contribution in [1.29, 1.82) is 0 Å². The summed E-state index contributed by atoms with van der Waals surface area (Å²) in [5.41, 5.74) is 0. The Bertz CT molecular complexity index is 736. The van der Waals surface area contributed by atoms with Crippen LogP contribution in [0, 0.1) is 0 Å². The van der Waals surface area contributed by atoms with E-state index in [1.165, 1.54) is 0 Å². The number of aromatic nitrogens is 1. The Hall–Kier alpha value is -3.09. The van der Waals surface area contributed by atoms with Gasteiger partial charge >= 0.3 is 0 Å². The van der Waals surface area contributed by atoms with Crippen LogP contribution in [0.4, 0.5) is 5.82 Å². The summed E-state index contributed by atoms with van der Waals surface area (Å²) < 4.78 is 11.1. The molecule has 2 aromatic rings. The van der Waals surface area contributed by atoms with E-state index in [9.17, 15) is 9.59 Å². The lowest BCUT2D eigenvalue weighted by Gasteiger charge is -2.25. The third-order valence-corrected chi connectivity index (χ3v) is 3.61. The number of pyridine rings is 1. The van der Waals surface area contributed by atoms with E-state index in [0.717, 1.165) is 0 Å². The molecule has 1 aromatic carbocycles. The van der Waals surface area contributed by atoms with Crippen LogP contribution in [0.1, 0.15) is 12.8 Å². The molecule has 1 atom stereocenters. The number of anilines is 1. The highest BCUT2D eigenvalue weighted by molar-refractivity contribution is 5.89. The second kappa shape index (κ2) is 8.14. The number of hydrogen-bond acceptors (Lipinski definition) is 5. The summed E-state index contributed by atoms with van der Waals surface area (Å²) in [4.78, 5) is 27.9. The van der Waals surface area contributed by atoms with E-state index in [2.05, 4.69) is 15.6 Å². The highest BCUT2D eigenvalue weighted by Crippen LogP contribution is 2.30. The second-order valence-corrected chi connectivity index (χ2v) is 5.52. The summed E-state index contributed by atoms with van der Waals surface area (Å²) in [5.74, 6) is 1.32. The Balaban J connectivity index is 1.36. The van der Waals surface area contributed by atoms with Crippen molar-refractivity contribution in [3.8, 4) is 11.5 Å². The number of hydrogen-bond donors (Lipinski definition) is 2. The molecule has 0 bridgehead atoms. The van der Waals surface area contributed by atoms with E-state index in [4.69, 9.17) is 9.47 Å². The van der Waals surface area contributed by atoms with Gasteiger partial charge in [0.25, 0.3) is 5.91 Å². The molecule has 130 valence electrons. The molecule has 2 N–H and O–H groups in total. The molecule has 2 amide bonds. The number of para-hydroxylation sites is 2. The molecule has 3 rings (SSSR count). The van der Waals surface area contributed by atoms with Crippen LogP contribution >= 0.6 is 0 Å². The zero-order chi connectivity index (χ0) is 17.5. The van der Waals surface area contributed by atoms with Crippen molar-refractivity contribution in [2.45, 2.75) is 18.9 Å². The van der Waals surface area contributed by atoms with Crippen molar-refractivity contribution in [2.75, 3.05) is 18.5 Å². The Kier molecular flexibility index (Phi) is 5.46. The first-order valence-corrected chi connectivity index (χ1v) is 8.09. The van der Waals surface area contributed by atoms with Crippen LogP contribution in [-0.4, -0.2) is 36.1 Å². The molecule has 2 heterocycles. The molecular formula is C18H19N3O4. The summed E-state index contributed by atoms with van der Waals surface area (Å²) in [7, 11) is 0. The first-order chi connectivity index (χ1) is 12.2. The Morgan fingerprint density at radius 1 is 1.12 bits per heavy atom. The lowest BCUT2D eigenvalue weighted by molar-refractivity contribution is -0.130. The maximum Gasteiger partial charge on any atom is 0.264 e. The van der Waals surface area contributed by atoms with Crippen molar-refractivity contribution < 1.29 is 19.1 Å². The van der Waals surface area contributed by atoms with Crippen LogP contribution in [-0.2, 0) is 9.59 Å². The fraction of sp³-hybridized carbons (Fsp3) is 0.278. The number of rotatable bonds is 6. The molecule has 0 radical (unpaired) electrons. The average Bonchev–Trinajstić information content (AvgIpc) is 2.65. The zero-order valence-corrected chi connectivity index (χ0v) is 13.6. The summed E-state index contributed by atoms with van der Waals surface area (Å²) in [6, 6.07) is 12.5. The van der Waals surface area contributed by atoms with Crippen LogP contribution in [0.25, 0.3) is 0 Å². The maximum absolute atomic E-state index is 12.1. The van der Waals surface area contributed by atoms with Crippen LogP contribution in [0.3, 0.4) is 0 Å². The maximum atomic E-state index is 12.1. The molecule has 0 fully saturated rings. The number of benzene rings is 1. The highest BCUT2D eigenvalue weighted by Gasteiger charge is 2.26. The number of ether oxygens (including phenoxy) is 2. The van der Waals surface area contributed by atoms with E-state index >= 15 is 0 Å². The van der Waals surface area contributed by atoms with Crippen LogP contribution < -0.4 is 20.1 Å². The van der Waals surface area contributed by atoms with Gasteiger partial charge in [0.05, 0.1) is 0 Å². The normalized spacial score (nSPS) is 15.3.